The lowest BCUT2D eigenvalue weighted by Crippen LogP contribution is -2.47. The molecule has 1 fully saturated rings. The maximum atomic E-state index is 4.48. The lowest BCUT2D eigenvalue weighted by Gasteiger charge is -2.38. The molecule has 1 unspecified atom stereocenters. The zero-order valence-corrected chi connectivity index (χ0v) is 12.8. The summed E-state index contributed by atoms with van der Waals surface area (Å²) in [7, 11) is 0. The highest BCUT2D eigenvalue weighted by Gasteiger charge is 2.23. The van der Waals surface area contributed by atoms with Crippen LogP contribution in [0.3, 0.4) is 0 Å². The van der Waals surface area contributed by atoms with Crippen molar-refractivity contribution in [3.8, 4) is 0 Å². The highest BCUT2D eigenvalue weighted by atomic mass is 32.1. The third kappa shape index (κ3) is 2.83. The zero-order valence-electron chi connectivity index (χ0n) is 12.0. The summed E-state index contributed by atoms with van der Waals surface area (Å²) < 4.78 is 0. The highest BCUT2D eigenvalue weighted by molar-refractivity contribution is 7.15. The van der Waals surface area contributed by atoms with Crippen LogP contribution in [0.2, 0.25) is 0 Å². The minimum absolute atomic E-state index is 0.434. The van der Waals surface area contributed by atoms with Crippen LogP contribution in [0.4, 0.5) is 5.13 Å². The Hall–Kier alpha value is -1.46. The number of piperazine rings is 1. The zero-order chi connectivity index (χ0) is 13.9. The van der Waals surface area contributed by atoms with Crippen LogP contribution in [0.5, 0.6) is 0 Å². The van der Waals surface area contributed by atoms with Gasteiger partial charge in [0.2, 0.25) is 0 Å². The Balaban J connectivity index is 1.61. The molecule has 0 N–H and O–H groups in total. The van der Waals surface area contributed by atoms with E-state index in [9.17, 15) is 0 Å². The Labute approximate surface area is 124 Å². The van der Waals surface area contributed by atoms with Crippen LogP contribution in [-0.4, -0.2) is 41.0 Å². The molecule has 0 amide bonds. The summed E-state index contributed by atoms with van der Waals surface area (Å²) in [4.78, 5) is 14.9. The number of aryl methyl sites for hydroxylation is 1. The molecule has 1 aliphatic rings. The summed E-state index contributed by atoms with van der Waals surface area (Å²) in [6, 6.07) is 4.61. The Bertz CT molecular complexity index is 546. The van der Waals surface area contributed by atoms with Crippen molar-refractivity contribution in [2.24, 2.45) is 0 Å². The quantitative estimate of drug-likeness (QED) is 0.869. The number of rotatable bonds is 3. The molecule has 5 heteroatoms. The molecule has 0 spiro atoms. The van der Waals surface area contributed by atoms with Crippen molar-refractivity contribution in [1.82, 2.24) is 14.9 Å². The van der Waals surface area contributed by atoms with Crippen LogP contribution in [-0.2, 0) is 0 Å². The first-order valence-corrected chi connectivity index (χ1v) is 7.87. The van der Waals surface area contributed by atoms with Gasteiger partial charge in [-0.15, -0.1) is 11.3 Å². The van der Waals surface area contributed by atoms with E-state index in [2.05, 4.69) is 39.7 Å². The van der Waals surface area contributed by atoms with Gasteiger partial charge in [0.1, 0.15) is 0 Å². The lowest BCUT2D eigenvalue weighted by molar-refractivity contribution is 0.198. The van der Waals surface area contributed by atoms with Gasteiger partial charge in [-0.2, -0.15) is 0 Å². The molecule has 1 saturated heterocycles. The second-order valence-corrected chi connectivity index (χ2v) is 6.45. The van der Waals surface area contributed by atoms with Crippen molar-refractivity contribution >= 4 is 16.5 Å². The van der Waals surface area contributed by atoms with E-state index in [0.717, 1.165) is 31.3 Å². The second-order valence-electron chi connectivity index (χ2n) is 5.24. The molecule has 2 aromatic heterocycles. The van der Waals surface area contributed by atoms with E-state index < -0.39 is 0 Å². The van der Waals surface area contributed by atoms with Crippen LogP contribution >= 0.6 is 11.3 Å². The van der Waals surface area contributed by atoms with Gasteiger partial charge in [-0.25, -0.2) is 4.98 Å². The highest BCUT2D eigenvalue weighted by Crippen LogP contribution is 2.25. The van der Waals surface area contributed by atoms with Gasteiger partial charge in [0, 0.05) is 55.7 Å². The maximum Gasteiger partial charge on any atom is 0.185 e. The molecule has 1 atom stereocenters. The van der Waals surface area contributed by atoms with Crippen LogP contribution in [0, 0.1) is 6.92 Å². The predicted octanol–water partition coefficient (Wildman–Crippen LogP) is 2.73. The van der Waals surface area contributed by atoms with Gasteiger partial charge < -0.3 is 4.90 Å². The van der Waals surface area contributed by atoms with E-state index in [1.165, 1.54) is 10.4 Å². The normalized spacial score (nSPS) is 18.2. The number of hydrogen-bond acceptors (Lipinski definition) is 5. The molecule has 0 radical (unpaired) electrons. The van der Waals surface area contributed by atoms with Crippen molar-refractivity contribution in [3.63, 3.8) is 0 Å². The van der Waals surface area contributed by atoms with Crippen molar-refractivity contribution < 1.29 is 0 Å². The lowest BCUT2D eigenvalue weighted by atomic mass is 10.1. The summed E-state index contributed by atoms with van der Waals surface area (Å²) >= 11 is 1.79. The monoisotopic (exact) mass is 288 g/mol. The largest absolute Gasteiger partial charge is 0.346 e. The smallest absolute Gasteiger partial charge is 0.185 e. The van der Waals surface area contributed by atoms with Gasteiger partial charge >= 0.3 is 0 Å². The molecule has 0 bridgehead atoms. The molecule has 0 aromatic carbocycles. The van der Waals surface area contributed by atoms with Crippen molar-refractivity contribution in [2.45, 2.75) is 19.9 Å². The first-order chi connectivity index (χ1) is 9.74. The second kappa shape index (κ2) is 5.89. The van der Waals surface area contributed by atoms with E-state index in [4.69, 9.17) is 0 Å². The topological polar surface area (TPSA) is 32.3 Å². The summed E-state index contributed by atoms with van der Waals surface area (Å²) in [5.74, 6) is 0. The number of anilines is 1. The SMILES string of the molecule is Cc1cnc(N2CCN(C(C)c3cccnc3)CC2)s1. The average Bonchev–Trinajstić information content (AvgIpc) is 2.94. The van der Waals surface area contributed by atoms with Crippen LogP contribution < -0.4 is 4.90 Å². The first-order valence-electron chi connectivity index (χ1n) is 7.05. The van der Waals surface area contributed by atoms with Gasteiger partial charge in [-0.1, -0.05) is 6.07 Å². The Morgan fingerprint density at radius 3 is 2.60 bits per heavy atom. The van der Waals surface area contributed by atoms with Crippen LogP contribution in [0.1, 0.15) is 23.4 Å². The third-order valence-corrected chi connectivity index (χ3v) is 4.88. The van der Waals surface area contributed by atoms with Gasteiger partial charge in [0.15, 0.2) is 5.13 Å². The molecular formula is C15H20N4S. The minimum atomic E-state index is 0.434. The van der Waals surface area contributed by atoms with E-state index in [0.29, 0.717) is 6.04 Å². The minimum Gasteiger partial charge on any atom is -0.346 e. The molecule has 3 heterocycles. The van der Waals surface area contributed by atoms with Gasteiger partial charge in [0.05, 0.1) is 0 Å². The fourth-order valence-electron chi connectivity index (χ4n) is 2.62. The molecule has 106 valence electrons. The Morgan fingerprint density at radius 2 is 2.00 bits per heavy atom. The fourth-order valence-corrected chi connectivity index (χ4v) is 3.43. The number of hydrogen-bond donors (Lipinski definition) is 0. The molecule has 20 heavy (non-hydrogen) atoms. The number of aromatic nitrogens is 2. The molecule has 1 aliphatic heterocycles. The number of nitrogens with zero attached hydrogens (tertiary/aromatic N) is 4. The predicted molar refractivity (Wildman–Crippen MR) is 83.3 cm³/mol. The fraction of sp³-hybridized carbons (Fsp3) is 0.467. The molecule has 0 aliphatic carbocycles. The summed E-state index contributed by atoms with van der Waals surface area (Å²) in [5, 5.41) is 1.16. The van der Waals surface area contributed by atoms with Crippen molar-refractivity contribution in [1.29, 1.82) is 0 Å². The summed E-state index contributed by atoms with van der Waals surface area (Å²) in [6.45, 7) is 8.64. The van der Waals surface area contributed by atoms with Gasteiger partial charge in [-0.05, 0) is 25.5 Å². The Morgan fingerprint density at radius 1 is 1.20 bits per heavy atom. The van der Waals surface area contributed by atoms with E-state index in [1.807, 2.05) is 24.7 Å². The van der Waals surface area contributed by atoms with E-state index in [1.54, 1.807) is 11.3 Å². The average molecular weight is 288 g/mol. The van der Waals surface area contributed by atoms with Gasteiger partial charge in [0.25, 0.3) is 0 Å². The first kappa shape index (κ1) is 13.5. The molecule has 4 nitrogen and oxygen atoms in total. The summed E-state index contributed by atoms with van der Waals surface area (Å²) in [5.41, 5.74) is 1.30. The Kier molecular flexibility index (Phi) is 3.98. The van der Waals surface area contributed by atoms with Crippen molar-refractivity contribution in [2.75, 3.05) is 31.1 Å². The van der Waals surface area contributed by atoms with E-state index in [-0.39, 0.29) is 0 Å². The summed E-state index contributed by atoms with van der Waals surface area (Å²) in [6.07, 6.45) is 5.77. The molecule has 3 rings (SSSR count). The third-order valence-electron chi connectivity index (χ3n) is 3.91. The number of thiazole rings is 1. The van der Waals surface area contributed by atoms with Crippen LogP contribution in [0.15, 0.2) is 30.7 Å². The maximum absolute atomic E-state index is 4.48. The van der Waals surface area contributed by atoms with Crippen LogP contribution in [0.25, 0.3) is 0 Å². The standard InChI is InChI=1S/C15H20N4S/c1-12-10-17-15(20-12)19-8-6-18(7-9-19)13(2)14-4-3-5-16-11-14/h3-5,10-11,13H,6-9H2,1-2H3. The van der Waals surface area contributed by atoms with E-state index >= 15 is 0 Å². The molecular weight excluding hydrogens is 268 g/mol. The molecule has 0 saturated carbocycles. The molecule has 2 aromatic rings. The van der Waals surface area contributed by atoms with Gasteiger partial charge in [-0.3, -0.25) is 9.88 Å². The van der Waals surface area contributed by atoms with Crippen molar-refractivity contribution in [3.05, 3.63) is 41.2 Å². The number of pyridine rings is 1.